The molecular weight excluding hydrogens is 544 g/mol. The number of likely N-dealkylation sites (tertiary alicyclic amines) is 1. The first-order valence-corrected chi connectivity index (χ1v) is 14.3. The van der Waals surface area contributed by atoms with Crippen LogP contribution in [0, 0.1) is 31.6 Å². The highest BCUT2D eigenvalue weighted by atomic mass is 79.9. The Balaban J connectivity index is 1.90. The summed E-state index contributed by atoms with van der Waals surface area (Å²) < 4.78 is -0.881. The highest BCUT2D eigenvalue weighted by Gasteiger charge is 2.76. The molecule has 8 atom stereocenters. The summed E-state index contributed by atoms with van der Waals surface area (Å²) in [7, 11) is 0. The number of benzene rings is 1. The molecule has 0 aliphatic carbocycles. The van der Waals surface area contributed by atoms with Crippen LogP contribution in [0.4, 0.5) is 5.69 Å². The molecule has 4 rings (SSSR count). The molecule has 9 heteroatoms. The number of carboxylic acid groups (broad SMARTS) is 1. The van der Waals surface area contributed by atoms with Gasteiger partial charge in [-0.25, -0.2) is 0 Å². The number of aryl methyl sites for hydroxylation is 2. The standard InChI is InChI=1S/C27H35BrN2O5S/c1-6-10-29(18-11-14(3)8-9-16(18)5)25(33)23-27-12-17(28)22(36-27)20(26(34)35)21(27)24(32)30(23)19(13-31)15(4)7-2/h6,8-9,11,15,17,19-23,31H,1,7,10,12-13H2,2-5H3,(H,34,35)/t15-,17?,19-,20+,21-,22+,23?,27?/m0/s1. The van der Waals surface area contributed by atoms with Crippen LogP contribution < -0.4 is 4.90 Å². The van der Waals surface area contributed by atoms with Gasteiger partial charge in [0.15, 0.2) is 0 Å². The van der Waals surface area contributed by atoms with Gasteiger partial charge in [-0.3, -0.25) is 14.4 Å². The van der Waals surface area contributed by atoms with E-state index in [9.17, 15) is 24.6 Å². The van der Waals surface area contributed by atoms with E-state index in [1.165, 1.54) is 11.8 Å². The molecule has 2 bridgehead atoms. The lowest BCUT2D eigenvalue weighted by atomic mass is 9.71. The fraction of sp³-hybridized carbons (Fsp3) is 0.593. The Morgan fingerprint density at radius 2 is 2.08 bits per heavy atom. The largest absolute Gasteiger partial charge is 0.481 e. The van der Waals surface area contributed by atoms with E-state index in [-0.39, 0.29) is 41.0 Å². The molecular formula is C27H35BrN2O5S. The predicted molar refractivity (Wildman–Crippen MR) is 145 cm³/mol. The van der Waals surface area contributed by atoms with Crippen LogP contribution in [0.15, 0.2) is 30.9 Å². The van der Waals surface area contributed by atoms with E-state index in [1.807, 2.05) is 45.9 Å². The van der Waals surface area contributed by atoms with Crippen molar-refractivity contribution in [2.45, 2.75) is 67.4 Å². The van der Waals surface area contributed by atoms with Crippen LogP contribution >= 0.6 is 27.7 Å². The van der Waals surface area contributed by atoms with E-state index in [0.29, 0.717) is 12.8 Å². The molecule has 1 aromatic rings. The van der Waals surface area contributed by atoms with Crippen LogP contribution in [0.5, 0.6) is 0 Å². The van der Waals surface area contributed by atoms with Gasteiger partial charge in [0.25, 0.3) is 5.91 Å². The number of hydrogen-bond donors (Lipinski definition) is 2. The van der Waals surface area contributed by atoms with Crippen LogP contribution in [-0.4, -0.2) is 73.0 Å². The van der Waals surface area contributed by atoms with Gasteiger partial charge in [0.2, 0.25) is 5.91 Å². The molecule has 7 nitrogen and oxygen atoms in total. The number of halogens is 1. The van der Waals surface area contributed by atoms with Crippen molar-refractivity contribution in [1.29, 1.82) is 0 Å². The SMILES string of the molecule is C=CCN(C(=O)C1N([C@@H](CO)[C@@H](C)CC)C(=O)[C@@H]2[C@@H](C(=O)O)[C@@H]3SC12CC3Br)c1cc(C)ccc1C. The summed E-state index contributed by atoms with van der Waals surface area (Å²) in [5.41, 5.74) is 2.67. The average molecular weight is 580 g/mol. The molecule has 3 saturated heterocycles. The minimum atomic E-state index is -1.01. The molecule has 3 unspecified atom stereocenters. The summed E-state index contributed by atoms with van der Waals surface area (Å²) in [5.74, 6) is -3.34. The van der Waals surface area contributed by atoms with Crippen molar-refractivity contribution in [3.05, 3.63) is 42.0 Å². The van der Waals surface area contributed by atoms with Gasteiger partial charge in [-0.05, 0) is 43.4 Å². The molecule has 0 saturated carbocycles. The number of aliphatic hydroxyl groups excluding tert-OH is 1. The van der Waals surface area contributed by atoms with Crippen LogP contribution in [-0.2, 0) is 14.4 Å². The van der Waals surface area contributed by atoms with E-state index in [0.717, 1.165) is 16.8 Å². The fourth-order valence-corrected chi connectivity index (χ4v) is 9.98. The Bertz CT molecular complexity index is 1080. The van der Waals surface area contributed by atoms with E-state index < -0.39 is 34.6 Å². The van der Waals surface area contributed by atoms with Crippen molar-refractivity contribution < 1.29 is 24.6 Å². The van der Waals surface area contributed by atoms with Crippen LogP contribution in [0.1, 0.15) is 37.8 Å². The number of thioether (sulfide) groups is 1. The second-order valence-electron chi connectivity index (χ2n) is 10.4. The van der Waals surface area contributed by atoms with Crippen LogP contribution in [0.25, 0.3) is 0 Å². The minimum Gasteiger partial charge on any atom is -0.481 e. The zero-order valence-corrected chi connectivity index (χ0v) is 23.6. The normalized spacial score (nSPS) is 32.3. The number of nitrogens with zero attached hydrogens (tertiary/aromatic N) is 2. The molecule has 0 radical (unpaired) electrons. The zero-order chi connectivity index (χ0) is 26.5. The van der Waals surface area contributed by atoms with Gasteiger partial charge in [0.05, 0.1) is 29.2 Å². The Hall–Kier alpha value is -1.84. The van der Waals surface area contributed by atoms with Crippen molar-refractivity contribution in [3.63, 3.8) is 0 Å². The number of aliphatic carboxylic acids is 1. The van der Waals surface area contributed by atoms with Gasteiger partial charge in [0.1, 0.15) is 6.04 Å². The number of alkyl halides is 1. The van der Waals surface area contributed by atoms with Crippen LogP contribution in [0.2, 0.25) is 0 Å². The van der Waals surface area contributed by atoms with Crippen molar-refractivity contribution in [2.24, 2.45) is 17.8 Å². The second-order valence-corrected chi connectivity index (χ2v) is 13.1. The zero-order valence-electron chi connectivity index (χ0n) is 21.2. The van der Waals surface area contributed by atoms with E-state index >= 15 is 0 Å². The summed E-state index contributed by atoms with van der Waals surface area (Å²) in [5, 5.41) is 20.3. The third-order valence-electron chi connectivity index (χ3n) is 8.32. The maximum Gasteiger partial charge on any atom is 0.308 e. The lowest BCUT2D eigenvalue weighted by molar-refractivity contribution is -0.149. The van der Waals surface area contributed by atoms with E-state index in [1.54, 1.807) is 15.9 Å². The van der Waals surface area contributed by atoms with Gasteiger partial charge >= 0.3 is 5.97 Å². The number of amides is 2. The van der Waals surface area contributed by atoms with E-state index in [4.69, 9.17) is 0 Å². The first-order valence-electron chi connectivity index (χ1n) is 12.5. The quantitative estimate of drug-likeness (QED) is 0.342. The molecule has 2 N–H and O–H groups in total. The molecule has 1 aromatic carbocycles. The smallest absolute Gasteiger partial charge is 0.308 e. The fourth-order valence-electron chi connectivity index (χ4n) is 6.39. The molecule has 36 heavy (non-hydrogen) atoms. The number of hydrogen-bond acceptors (Lipinski definition) is 5. The molecule has 0 aromatic heterocycles. The second kappa shape index (κ2) is 10.1. The number of fused-ring (bicyclic) bond motifs is 1. The number of carbonyl (C=O) groups excluding carboxylic acids is 2. The maximum absolute atomic E-state index is 14.6. The van der Waals surface area contributed by atoms with Crippen molar-refractivity contribution in [1.82, 2.24) is 4.90 Å². The summed E-state index contributed by atoms with van der Waals surface area (Å²) in [4.78, 5) is 44.3. The minimum absolute atomic E-state index is 0.0664. The number of aliphatic hydroxyl groups is 1. The summed E-state index contributed by atoms with van der Waals surface area (Å²) in [6.45, 7) is 11.7. The van der Waals surface area contributed by atoms with Gasteiger partial charge < -0.3 is 20.0 Å². The number of carboxylic acids is 1. The first kappa shape index (κ1) is 27.2. The van der Waals surface area contributed by atoms with Gasteiger partial charge in [-0.2, -0.15) is 0 Å². The monoisotopic (exact) mass is 578 g/mol. The summed E-state index contributed by atoms with van der Waals surface area (Å²) in [6.07, 6.45) is 2.89. The Kier molecular flexibility index (Phi) is 7.66. The van der Waals surface area contributed by atoms with E-state index in [2.05, 4.69) is 22.5 Å². The topological polar surface area (TPSA) is 98.2 Å². The highest BCUT2D eigenvalue weighted by molar-refractivity contribution is 9.09. The highest BCUT2D eigenvalue weighted by Crippen LogP contribution is 2.68. The Morgan fingerprint density at radius 1 is 1.39 bits per heavy atom. The lowest BCUT2D eigenvalue weighted by Crippen LogP contribution is -2.59. The Morgan fingerprint density at radius 3 is 2.67 bits per heavy atom. The predicted octanol–water partition coefficient (Wildman–Crippen LogP) is 3.78. The van der Waals surface area contributed by atoms with Crippen LogP contribution in [0.3, 0.4) is 0 Å². The molecule has 1 spiro atoms. The number of carbonyl (C=O) groups is 3. The average Bonchev–Trinajstić information content (AvgIpc) is 3.43. The van der Waals surface area contributed by atoms with Gasteiger partial charge in [0, 0.05) is 22.3 Å². The number of rotatable bonds is 9. The molecule has 3 heterocycles. The Labute approximate surface area is 225 Å². The number of anilines is 1. The molecule has 3 aliphatic heterocycles. The third kappa shape index (κ3) is 4.02. The van der Waals surface area contributed by atoms with Crippen molar-refractivity contribution in [3.8, 4) is 0 Å². The van der Waals surface area contributed by atoms with Gasteiger partial charge in [-0.15, -0.1) is 18.3 Å². The van der Waals surface area contributed by atoms with Crippen molar-refractivity contribution >= 4 is 51.2 Å². The molecule has 196 valence electrons. The molecule has 3 aliphatic rings. The first-order chi connectivity index (χ1) is 17.0. The van der Waals surface area contributed by atoms with Gasteiger partial charge in [-0.1, -0.05) is 54.4 Å². The molecule has 3 fully saturated rings. The van der Waals surface area contributed by atoms with Crippen molar-refractivity contribution in [2.75, 3.05) is 18.1 Å². The summed E-state index contributed by atoms with van der Waals surface area (Å²) in [6, 6.07) is 4.44. The third-order valence-corrected chi connectivity index (χ3v) is 11.5. The maximum atomic E-state index is 14.6. The molecule has 2 amide bonds. The lowest BCUT2D eigenvalue weighted by Gasteiger charge is -2.41. The summed E-state index contributed by atoms with van der Waals surface area (Å²) >= 11 is 5.16.